The zero-order valence-electron chi connectivity index (χ0n) is 9.73. The highest BCUT2D eigenvalue weighted by molar-refractivity contribution is 8.13. The van der Waals surface area contributed by atoms with Gasteiger partial charge >= 0.3 is 0 Å². The molecule has 1 rings (SSSR count). The van der Waals surface area contributed by atoms with Gasteiger partial charge in [0.15, 0.2) is 11.5 Å². The molecule has 1 aromatic carbocycles. The lowest BCUT2D eigenvalue weighted by atomic mass is 9.94. The van der Waals surface area contributed by atoms with E-state index in [-0.39, 0.29) is 16.6 Å². The van der Waals surface area contributed by atoms with Crippen molar-refractivity contribution in [2.45, 2.75) is 18.9 Å². The predicted octanol–water partition coefficient (Wildman–Crippen LogP) is 0.752. The second-order valence-electron chi connectivity index (χ2n) is 3.97. The van der Waals surface area contributed by atoms with Gasteiger partial charge in [-0.2, -0.15) is 0 Å². The molecule has 0 saturated heterocycles. The summed E-state index contributed by atoms with van der Waals surface area (Å²) in [6.45, 7) is 1.69. The van der Waals surface area contributed by atoms with Crippen LogP contribution in [0.1, 0.15) is 12.5 Å². The Balaban J connectivity index is 2.95. The topological polar surface area (TPSA) is 95.6 Å². The maximum Gasteiger partial charge on any atom is 0.210 e. The standard InChI is InChI=1S/C11H16N2O3S/c1-11(13-12,10(16)17-2)6-7-3-4-8(14)9(15)5-7/h3-5,13-15H,6,12H2,1-2H3. The maximum atomic E-state index is 11.7. The number of phenols is 2. The van der Waals surface area contributed by atoms with Crippen LogP contribution in [0.25, 0.3) is 0 Å². The minimum atomic E-state index is -0.900. The quantitative estimate of drug-likeness (QED) is 0.361. The number of thioether (sulfide) groups is 1. The van der Waals surface area contributed by atoms with E-state index in [1.807, 2.05) is 0 Å². The summed E-state index contributed by atoms with van der Waals surface area (Å²) in [6.07, 6.45) is 2.02. The number of carbonyl (C=O) groups excluding carboxylic acids is 1. The second-order valence-corrected chi connectivity index (χ2v) is 4.75. The first-order valence-corrected chi connectivity index (χ1v) is 6.22. The summed E-state index contributed by atoms with van der Waals surface area (Å²) in [6, 6.07) is 4.43. The average Bonchev–Trinajstić information content (AvgIpc) is 2.32. The van der Waals surface area contributed by atoms with Crippen molar-refractivity contribution in [3.8, 4) is 11.5 Å². The second kappa shape index (κ2) is 5.39. The summed E-state index contributed by atoms with van der Waals surface area (Å²) in [5.74, 6) is 5.01. The number of hydrogen-bond donors (Lipinski definition) is 4. The van der Waals surface area contributed by atoms with Gasteiger partial charge in [-0.3, -0.25) is 10.6 Å². The number of benzene rings is 1. The molecule has 0 fully saturated rings. The van der Waals surface area contributed by atoms with E-state index in [0.717, 1.165) is 11.8 Å². The van der Waals surface area contributed by atoms with Crippen molar-refractivity contribution >= 4 is 16.9 Å². The summed E-state index contributed by atoms with van der Waals surface area (Å²) in [4.78, 5) is 11.7. The Morgan fingerprint density at radius 1 is 1.47 bits per heavy atom. The molecule has 0 aliphatic carbocycles. The van der Waals surface area contributed by atoms with E-state index in [1.54, 1.807) is 19.2 Å². The van der Waals surface area contributed by atoms with Crippen molar-refractivity contribution in [2.24, 2.45) is 5.84 Å². The van der Waals surface area contributed by atoms with E-state index in [9.17, 15) is 15.0 Å². The summed E-state index contributed by atoms with van der Waals surface area (Å²) < 4.78 is 0. The number of nitrogens with two attached hydrogens (primary N) is 1. The van der Waals surface area contributed by atoms with Crippen molar-refractivity contribution in [1.29, 1.82) is 0 Å². The third-order valence-electron chi connectivity index (χ3n) is 2.55. The molecule has 0 radical (unpaired) electrons. The molecule has 0 aromatic heterocycles. The average molecular weight is 256 g/mol. The molecule has 0 amide bonds. The first kappa shape index (κ1) is 13.8. The lowest BCUT2D eigenvalue weighted by Gasteiger charge is -2.26. The van der Waals surface area contributed by atoms with E-state index in [1.165, 1.54) is 12.1 Å². The molecular weight excluding hydrogens is 240 g/mol. The molecule has 0 bridgehead atoms. The number of hydrazine groups is 1. The van der Waals surface area contributed by atoms with E-state index in [2.05, 4.69) is 5.43 Å². The molecular formula is C11H16N2O3S. The highest BCUT2D eigenvalue weighted by Gasteiger charge is 2.31. The monoisotopic (exact) mass is 256 g/mol. The van der Waals surface area contributed by atoms with Gasteiger partial charge in [0, 0.05) is 0 Å². The van der Waals surface area contributed by atoms with Gasteiger partial charge in [-0.1, -0.05) is 17.8 Å². The summed E-state index contributed by atoms with van der Waals surface area (Å²) in [5.41, 5.74) is 2.31. The van der Waals surface area contributed by atoms with Crippen molar-refractivity contribution < 1.29 is 15.0 Å². The van der Waals surface area contributed by atoms with Crippen molar-refractivity contribution in [3.05, 3.63) is 23.8 Å². The van der Waals surface area contributed by atoms with Crippen LogP contribution in [-0.2, 0) is 11.2 Å². The molecule has 1 aromatic rings. The largest absolute Gasteiger partial charge is 0.504 e. The van der Waals surface area contributed by atoms with Crippen LogP contribution in [0, 0.1) is 0 Å². The fourth-order valence-electron chi connectivity index (χ4n) is 1.49. The van der Waals surface area contributed by atoms with Crippen LogP contribution in [0.4, 0.5) is 0 Å². The van der Waals surface area contributed by atoms with Crippen LogP contribution in [0.2, 0.25) is 0 Å². The number of aromatic hydroxyl groups is 2. The van der Waals surface area contributed by atoms with Gasteiger partial charge in [-0.25, -0.2) is 5.43 Å². The molecule has 17 heavy (non-hydrogen) atoms. The Hall–Kier alpha value is -1.24. The maximum absolute atomic E-state index is 11.7. The fraction of sp³-hybridized carbons (Fsp3) is 0.364. The van der Waals surface area contributed by atoms with E-state index in [4.69, 9.17) is 5.84 Å². The zero-order valence-corrected chi connectivity index (χ0v) is 10.5. The van der Waals surface area contributed by atoms with Crippen LogP contribution in [0.5, 0.6) is 11.5 Å². The van der Waals surface area contributed by atoms with Crippen LogP contribution in [0.3, 0.4) is 0 Å². The minimum absolute atomic E-state index is 0.0902. The summed E-state index contributed by atoms with van der Waals surface area (Å²) >= 11 is 1.09. The van der Waals surface area contributed by atoms with Crippen LogP contribution in [-0.4, -0.2) is 27.1 Å². The highest BCUT2D eigenvalue weighted by atomic mass is 32.2. The Morgan fingerprint density at radius 2 is 2.12 bits per heavy atom. The minimum Gasteiger partial charge on any atom is -0.504 e. The first-order valence-electron chi connectivity index (χ1n) is 5.00. The van der Waals surface area contributed by atoms with Gasteiger partial charge in [0.1, 0.15) is 5.54 Å². The normalized spacial score (nSPS) is 14.3. The lowest BCUT2D eigenvalue weighted by Crippen LogP contribution is -2.53. The van der Waals surface area contributed by atoms with Gasteiger partial charge < -0.3 is 10.2 Å². The fourth-order valence-corrected chi connectivity index (χ4v) is 2.08. The smallest absolute Gasteiger partial charge is 0.210 e. The molecule has 1 atom stereocenters. The Morgan fingerprint density at radius 3 is 2.59 bits per heavy atom. The molecule has 1 unspecified atom stereocenters. The Kier molecular flexibility index (Phi) is 4.39. The molecule has 94 valence electrons. The molecule has 5 N–H and O–H groups in total. The number of rotatable bonds is 4. The van der Waals surface area contributed by atoms with E-state index < -0.39 is 5.54 Å². The number of carbonyl (C=O) groups is 1. The first-order chi connectivity index (χ1) is 7.92. The molecule has 0 aliphatic heterocycles. The van der Waals surface area contributed by atoms with Gasteiger partial charge in [0.05, 0.1) is 0 Å². The van der Waals surface area contributed by atoms with Crippen LogP contribution < -0.4 is 11.3 Å². The van der Waals surface area contributed by atoms with Gasteiger partial charge in [0.2, 0.25) is 5.12 Å². The molecule has 6 heteroatoms. The van der Waals surface area contributed by atoms with Crippen LogP contribution in [0.15, 0.2) is 18.2 Å². The summed E-state index contributed by atoms with van der Waals surface area (Å²) in [7, 11) is 0. The Labute approximate surface area is 104 Å². The lowest BCUT2D eigenvalue weighted by molar-refractivity contribution is -0.116. The number of nitrogens with one attached hydrogen (secondary N) is 1. The van der Waals surface area contributed by atoms with Gasteiger partial charge in [0.25, 0.3) is 0 Å². The third kappa shape index (κ3) is 3.12. The molecule has 0 saturated carbocycles. The van der Waals surface area contributed by atoms with E-state index >= 15 is 0 Å². The summed E-state index contributed by atoms with van der Waals surface area (Å²) in [5, 5.41) is 18.5. The Bertz CT molecular complexity index is 425. The van der Waals surface area contributed by atoms with Crippen LogP contribution >= 0.6 is 11.8 Å². The zero-order chi connectivity index (χ0) is 13.1. The molecule has 5 nitrogen and oxygen atoms in total. The van der Waals surface area contributed by atoms with Crippen molar-refractivity contribution in [3.63, 3.8) is 0 Å². The number of hydrogen-bond acceptors (Lipinski definition) is 6. The predicted molar refractivity (Wildman–Crippen MR) is 67.7 cm³/mol. The highest BCUT2D eigenvalue weighted by Crippen LogP contribution is 2.27. The van der Waals surface area contributed by atoms with Crippen molar-refractivity contribution in [1.82, 2.24) is 5.43 Å². The molecule has 0 spiro atoms. The third-order valence-corrected chi connectivity index (χ3v) is 3.37. The van der Waals surface area contributed by atoms with Gasteiger partial charge in [-0.15, -0.1) is 0 Å². The molecule has 0 aliphatic rings. The van der Waals surface area contributed by atoms with Gasteiger partial charge in [-0.05, 0) is 37.3 Å². The SMILES string of the molecule is CSC(=O)C(C)(Cc1ccc(O)c(O)c1)NN. The van der Waals surface area contributed by atoms with Crippen molar-refractivity contribution in [2.75, 3.05) is 6.26 Å². The number of phenolic OH excluding ortho intramolecular Hbond substituents is 2. The molecule has 0 heterocycles. The van der Waals surface area contributed by atoms with E-state index in [0.29, 0.717) is 12.0 Å².